The van der Waals surface area contributed by atoms with Gasteiger partial charge in [-0.3, -0.25) is 10.1 Å². The summed E-state index contributed by atoms with van der Waals surface area (Å²) < 4.78 is 0.920. The lowest BCUT2D eigenvalue weighted by Gasteiger charge is -2.31. The monoisotopic (exact) mass is 406 g/mol. The molecule has 0 saturated carbocycles. The third kappa shape index (κ3) is 4.23. The molecule has 0 spiro atoms. The molecule has 8 nitrogen and oxygen atoms in total. The topological polar surface area (TPSA) is 110 Å². The number of benzene rings is 1. The van der Waals surface area contributed by atoms with Crippen LogP contribution in [0.15, 0.2) is 34.9 Å². The molecule has 0 radical (unpaired) electrons. The van der Waals surface area contributed by atoms with Crippen LogP contribution in [-0.4, -0.2) is 34.5 Å². The van der Waals surface area contributed by atoms with Crippen LogP contribution >= 0.6 is 15.9 Å². The average molecular weight is 407 g/mol. The Labute approximate surface area is 153 Å². The minimum absolute atomic E-state index is 0.0778. The molecule has 0 amide bonds. The minimum atomic E-state index is -0.437. The van der Waals surface area contributed by atoms with Crippen LogP contribution in [0.25, 0.3) is 0 Å². The normalized spacial score (nSPS) is 15.2. The minimum Gasteiger partial charge on any atom is -0.351 e. The first-order valence-electron chi connectivity index (χ1n) is 8.06. The third-order valence-corrected chi connectivity index (χ3v) is 4.77. The van der Waals surface area contributed by atoms with Crippen molar-refractivity contribution in [3.8, 4) is 0 Å². The average Bonchev–Trinajstić information content (AvgIpc) is 2.61. The van der Waals surface area contributed by atoms with Crippen molar-refractivity contribution in [1.29, 1.82) is 0 Å². The largest absolute Gasteiger partial charge is 0.351 e. The van der Waals surface area contributed by atoms with Crippen molar-refractivity contribution in [3.63, 3.8) is 0 Å². The summed E-state index contributed by atoms with van der Waals surface area (Å²) in [4.78, 5) is 21.4. The van der Waals surface area contributed by atoms with E-state index >= 15 is 0 Å². The Morgan fingerprint density at radius 2 is 2.16 bits per heavy atom. The summed E-state index contributed by atoms with van der Waals surface area (Å²) in [5.41, 5.74) is 6.45. The fraction of sp³-hybridized carbons (Fsp3) is 0.375. The van der Waals surface area contributed by atoms with E-state index in [4.69, 9.17) is 5.73 Å². The molecular weight excluding hydrogens is 388 g/mol. The van der Waals surface area contributed by atoms with Crippen LogP contribution < -0.4 is 16.0 Å². The van der Waals surface area contributed by atoms with Crippen LogP contribution in [-0.2, 0) is 0 Å². The molecule has 0 aliphatic carbocycles. The van der Waals surface area contributed by atoms with Gasteiger partial charge in [-0.25, -0.2) is 4.98 Å². The Morgan fingerprint density at radius 3 is 2.80 bits per heavy atom. The van der Waals surface area contributed by atoms with Crippen LogP contribution in [0.1, 0.15) is 12.8 Å². The predicted molar refractivity (Wildman–Crippen MR) is 100 cm³/mol. The standard InChI is InChI=1S/C16H19BrN6O2/c17-12-2-1-3-13(8-12)20-16-19-10-14(23(24)25)15(21-16)22-6-4-11(9-18)5-7-22/h1-3,8,10-11H,4-7,9,18H2,(H,19,20,21). The van der Waals surface area contributed by atoms with Crippen molar-refractivity contribution in [1.82, 2.24) is 9.97 Å². The second-order valence-corrected chi connectivity index (χ2v) is 6.88. The molecule has 0 unspecified atom stereocenters. The summed E-state index contributed by atoms with van der Waals surface area (Å²) in [5, 5.41) is 14.4. The zero-order chi connectivity index (χ0) is 17.8. The molecule has 1 saturated heterocycles. The van der Waals surface area contributed by atoms with Crippen LogP contribution in [0.2, 0.25) is 0 Å². The van der Waals surface area contributed by atoms with E-state index in [1.54, 1.807) is 0 Å². The zero-order valence-electron chi connectivity index (χ0n) is 13.6. The molecule has 1 aliphatic rings. The molecule has 2 heterocycles. The van der Waals surface area contributed by atoms with Crippen molar-refractivity contribution in [2.24, 2.45) is 11.7 Å². The first-order valence-corrected chi connectivity index (χ1v) is 8.85. The van der Waals surface area contributed by atoms with Gasteiger partial charge in [-0.15, -0.1) is 0 Å². The molecule has 1 aromatic heterocycles. The first kappa shape index (κ1) is 17.6. The quantitative estimate of drug-likeness (QED) is 0.579. The molecule has 3 rings (SSSR count). The number of aromatic nitrogens is 2. The highest BCUT2D eigenvalue weighted by atomic mass is 79.9. The number of nitrogens with two attached hydrogens (primary N) is 1. The molecule has 1 aromatic carbocycles. The van der Waals surface area contributed by atoms with Crippen LogP contribution in [0, 0.1) is 16.0 Å². The number of hydrogen-bond acceptors (Lipinski definition) is 7. The molecule has 0 bridgehead atoms. The van der Waals surface area contributed by atoms with Crippen molar-refractivity contribution in [2.45, 2.75) is 12.8 Å². The summed E-state index contributed by atoms with van der Waals surface area (Å²) in [7, 11) is 0. The molecule has 1 aliphatic heterocycles. The van der Waals surface area contributed by atoms with E-state index < -0.39 is 4.92 Å². The van der Waals surface area contributed by atoms with Crippen LogP contribution in [0.5, 0.6) is 0 Å². The van der Waals surface area contributed by atoms with E-state index in [1.165, 1.54) is 6.20 Å². The van der Waals surface area contributed by atoms with Gasteiger partial charge in [-0.2, -0.15) is 4.98 Å². The Kier molecular flexibility index (Phi) is 5.44. The lowest BCUT2D eigenvalue weighted by atomic mass is 9.97. The van der Waals surface area contributed by atoms with E-state index in [2.05, 4.69) is 31.2 Å². The molecule has 1 fully saturated rings. The molecule has 3 N–H and O–H groups in total. The SMILES string of the molecule is NCC1CCN(c2nc(Nc3cccc(Br)c3)ncc2[N+](=O)[O-])CC1. The van der Waals surface area contributed by atoms with E-state index in [0.29, 0.717) is 37.3 Å². The van der Waals surface area contributed by atoms with Crippen molar-refractivity contribution >= 4 is 39.1 Å². The van der Waals surface area contributed by atoms with Crippen LogP contribution in [0.3, 0.4) is 0 Å². The van der Waals surface area contributed by atoms with Gasteiger partial charge in [0.1, 0.15) is 6.20 Å². The molecule has 2 aromatic rings. The maximum Gasteiger partial charge on any atom is 0.329 e. The highest BCUT2D eigenvalue weighted by Crippen LogP contribution is 2.30. The van der Waals surface area contributed by atoms with E-state index in [9.17, 15) is 10.1 Å². The van der Waals surface area contributed by atoms with Crippen molar-refractivity contribution < 1.29 is 4.92 Å². The lowest BCUT2D eigenvalue weighted by Crippen LogP contribution is -2.37. The Balaban J connectivity index is 1.86. The summed E-state index contributed by atoms with van der Waals surface area (Å²) in [5.74, 6) is 1.16. The van der Waals surface area contributed by atoms with E-state index in [0.717, 1.165) is 23.0 Å². The van der Waals surface area contributed by atoms with E-state index in [-0.39, 0.29) is 5.69 Å². The second-order valence-electron chi connectivity index (χ2n) is 5.96. The maximum atomic E-state index is 11.4. The number of anilines is 3. The van der Waals surface area contributed by atoms with Crippen LogP contribution in [0.4, 0.5) is 23.1 Å². The number of hydrogen-bond donors (Lipinski definition) is 2. The number of nitro groups is 1. The summed E-state index contributed by atoms with van der Waals surface area (Å²) in [6, 6.07) is 7.56. The number of nitrogens with one attached hydrogen (secondary N) is 1. The van der Waals surface area contributed by atoms with Crippen molar-refractivity contribution in [2.75, 3.05) is 29.9 Å². The summed E-state index contributed by atoms with van der Waals surface area (Å²) >= 11 is 3.41. The molecule has 25 heavy (non-hydrogen) atoms. The molecular formula is C16H19BrN6O2. The van der Waals surface area contributed by atoms with Gasteiger partial charge in [0.2, 0.25) is 11.8 Å². The van der Waals surface area contributed by atoms with Gasteiger partial charge in [-0.1, -0.05) is 22.0 Å². The van der Waals surface area contributed by atoms with Gasteiger partial charge in [-0.05, 0) is 43.5 Å². The Morgan fingerprint density at radius 1 is 1.40 bits per heavy atom. The van der Waals surface area contributed by atoms with Gasteiger partial charge < -0.3 is 16.0 Å². The summed E-state index contributed by atoms with van der Waals surface area (Å²) in [6.07, 6.45) is 3.08. The lowest BCUT2D eigenvalue weighted by molar-refractivity contribution is -0.384. The highest BCUT2D eigenvalue weighted by Gasteiger charge is 2.26. The first-order chi connectivity index (χ1) is 12.1. The van der Waals surface area contributed by atoms with Gasteiger partial charge in [0, 0.05) is 23.2 Å². The number of piperidine rings is 1. The Hall–Kier alpha value is -2.26. The van der Waals surface area contributed by atoms with Gasteiger partial charge >= 0.3 is 5.69 Å². The number of halogens is 1. The van der Waals surface area contributed by atoms with Gasteiger partial charge in [0.05, 0.1) is 4.92 Å². The van der Waals surface area contributed by atoms with E-state index in [1.807, 2.05) is 29.2 Å². The molecule has 0 atom stereocenters. The number of nitrogens with zero attached hydrogens (tertiary/aromatic N) is 4. The van der Waals surface area contributed by atoms with Gasteiger partial charge in [0.25, 0.3) is 0 Å². The fourth-order valence-electron chi connectivity index (χ4n) is 2.86. The predicted octanol–water partition coefficient (Wildman–Crippen LogP) is 3.07. The smallest absolute Gasteiger partial charge is 0.329 e. The highest BCUT2D eigenvalue weighted by molar-refractivity contribution is 9.10. The Bertz CT molecular complexity index is 764. The zero-order valence-corrected chi connectivity index (χ0v) is 15.1. The molecule has 132 valence electrons. The third-order valence-electron chi connectivity index (χ3n) is 4.27. The second kappa shape index (κ2) is 7.75. The summed E-state index contributed by atoms with van der Waals surface area (Å²) in [6.45, 7) is 2.06. The van der Waals surface area contributed by atoms with Gasteiger partial charge in [0.15, 0.2) is 0 Å². The fourth-order valence-corrected chi connectivity index (χ4v) is 3.26. The maximum absolute atomic E-state index is 11.4. The number of rotatable bonds is 5. The van der Waals surface area contributed by atoms with Crippen molar-refractivity contribution in [3.05, 3.63) is 45.0 Å². The molecule has 9 heteroatoms.